The Morgan fingerprint density at radius 1 is 1.39 bits per heavy atom. The molecule has 0 bridgehead atoms. The minimum Gasteiger partial charge on any atom is -0.343 e. The van der Waals surface area contributed by atoms with Gasteiger partial charge in [-0.1, -0.05) is 19.0 Å². The average Bonchev–Trinajstić information content (AvgIpc) is 2.96. The van der Waals surface area contributed by atoms with Gasteiger partial charge in [-0.15, -0.1) is 0 Å². The molecule has 0 aliphatic rings. The van der Waals surface area contributed by atoms with Crippen molar-refractivity contribution in [3.05, 3.63) is 30.4 Å². The zero-order chi connectivity index (χ0) is 12.8. The lowest BCUT2D eigenvalue weighted by molar-refractivity contribution is 0.408. The average molecular weight is 249 g/mol. The number of aryl methyl sites for hydroxylation is 2. The normalized spacial score (nSPS) is 11.3. The van der Waals surface area contributed by atoms with Crippen LogP contribution in [0.1, 0.15) is 25.4 Å². The summed E-state index contributed by atoms with van der Waals surface area (Å²) in [7, 11) is 0. The van der Waals surface area contributed by atoms with Gasteiger partial charge in [0.05, 0.1) is 12.0 Å². The van der Waals surface area contributed by atoms with E-state index < -0.39 is 0 Å². The molecule has 0 unspecified atom stereocenters. The van der Waals surface area contributed by atoms with Crippen LogP contribution in [0.3, 0.4) is 0 Å². The number of nitrogens with zero attached hydrogens (tertiary/aromatic N) is 4. The molecule has 0 aliphatic carbocycles. The molecule has 1 N–H and O–H groups in total. The second-order valence-electron chi connectivity index (χ2n) is 4.73. The van der Waals surface area contributed by atoms with Gasteiger partial charge in [-0.3, -0.25) is 0 Å². The van der Waals surface area contributed by atoms with Gasteiger partial charge in [0, 0.05) is 25.7 Å². The second kappa shape index (κ2) is 6.30. The first-order chi connectivity index (χ1) is 8.74. The minimum atomic E-state index is 0.658. The zero-order valence-electron chi connectivity index (χ0n) is 10.8. The van der Waals surface area contributed by atoms with E-state index in [4.69, 9.17) is 0 Å². The molecule has 0 aliphatic heterocycles. The van der Waals surface area contributed by atoms with Crippen molar-refractivity contribution in [1.29, 1.82) is 0 Å². The summed E-state index contributed by atoms with van der Waals surface area (Å²) in [6.45, 7) is 7.02. The lowest BCUT2D eigenvalue weighted by atomic mass is 10.2. The highest BCUT2D eigenvalue weighted by Gasteiger charge is 2.02. The van der Waals surface area contributed by atoms with Gasteiger partial charge >= 0.3 is 0 Å². The van der Waals surface area contributed by atoms with Crippen LogP contribution in [-0.4, -0.2) is 26.2 Å². The molecule has 0 spiro atoms. The molecular weight excluding hydrogens is 230 g/mol. The van der Waals surface area contributed by atoms with Gasteiger partial charge in [-0.25, -0.2) is 4.98 Å². The summed E-state index contributed by atoms with van der Waals surface area (Å²) in [5, 5.41) is 7.14. The fraction of sp³-hybridized carbons (Fsp3) is 0.583. The standard InChI is InChI=1S/C12H19N5O/c1-10(2)5-13-6-11-7-17(8-14-11)4-3-12-15-9-18-16-12/h7-10,13H,3-6H2,1-2H3. The van der Waals surface area contributed by atoms with Crippen molar-refractivity contribution in [1.82, 2.24) is 25.0 Å². The number of rotatable bonds is 7. The van der Waals surface area contributed by atoms with E-state index in [1.807, 2.05) is 17.1 Å². The van der Waals surface area contributed by atoms with E-state index in [2.05, 4.69) is 38.8 Å². The van der Waals surface area contributed by atoms with Crippen LogP contribution in [0, 0.1) is 5.92 Å². The summed E-state index contributed by atoms with van der Waals surface area (Å²) in [6, 6.07) is 0. The third-order valence-corrected chi connectivity index (χ3v) is 2.55. The van der Waals surface area contributed by atoms with E-state index in [0.717, 1.165) is 37.6 Å². The summed E-state index contributed by atoms with van der Waals surface area (Å²) in [4.78, 5) is 8.33. The van der Waals surface area contributed by atoms with E-state index in [1.165, 1.54) is 6.39 Å². The molecule has 0 radical (unpaired) electrons. The maximum Gasteiger partial charge on any atom is 0.213 e. The van der Waals surface area contributed by atoms with E-state index in [9.17, 15) is 0 Å². The quantitative estimate of drug-likeness (QED) is 0.800. The first-order valence-corrected chi connectivity index (χ1v) is 6.20. The Hall–Kier alpha value is -1.69. The number of aromatic nitrogens is 4. The lowest BCUT2D eigenvalue weighted by Crippen LogP contribution is -2.19. The third-order valence-electron chi connectivity index (χ3n) is 2.55. The number of nitrogens with one attached hydrogen (secondary N) is 1. The molecule has 98 valence electrons. The van der Waals surface area contributed by atoms with Gasteiger partial charge in [0.2, 0.25) is 6.39 Å². The Morgan fingerprint density at radius 2 is 2.28 bits per heavy atom. The summed E-state index contributed by atoms with van der Waals surface area (Å²) in [6.07, 6.45) is 6.00. The van der Waals surface area contributed by atoms with Gasteiger partial charge < -0.3 is 14.4 Å². The Bertz CT molecular complexity index is 449. The van der Waals surface area contributed by atoms with Crippen LogP contribution in [-0.2, 0) is 19.5 Å². The van der Waals surface area contributed by atoms with Crippen molar-refractivity contribution in [3.8, 4) is 0 Å². The smallest absolute Gasteiger partial charge is 0.213 e. The Morgan fingerprint density at radius 3 is 3.00 bits per heavy atom. The molecule has 0 amide bonds. The van der Waals surface area contributed by atoms with Crippen LogP contribution < -0.4 is 5.32 Å². The summed E-state index contributed by atoms with van der Waals surface area (Å²) >= 11 is 0. The highest BCUT2D eigenvalue weighted by Crippen LogP contribution is 1.99. The van der Waals surface area contributed by atoms with Gasteiger partial charge in [0.15, 0.2) is 5.82 Å². The van der Waals surface area contributed by atoms with Crippen molar-refractivity contribution in [2.75, 3.05) is 6.54 Å². The highest BCUT2D eigenvalue weighted by atomic mass is 16.5. The predicted molar refractivity (Wildman–Crippen MR) is 66.8 cm³/mol. The number of hydrogen-bond donors (Lipinski definition) is 1. The number of hydrogen-bond acceptors (Lipinski definition) is 5. The molecule has 6 nitrogen and oxygen atoms in total. The molecule has 0 aromatic carbocycles. The fourth-order valence-corrected chi connectivity index (χ4v) is 1.64. The van der Waals surface area contributed by atoms with Crippen LogP contribution in [0.2, 0.25) is 0 Å². The SMILES string of the molecule is CC(C)CNCc1cn(CCc2ncon2)cn1. The van der Waals surface area contributed by atoms with Crippen LogP contribution in [0.5, 0.6) is 0 Å². The second-order valence-corrected chi connectivity index (χ2v) is 4.73. The fourth-order valence-electron chi connectivity index (χ4n) is 1.64. The summed E-state index contributed by atoms with van der Waals surface area (Å²) < 4.78 is 6.73. The van der Waals surface area contributed by atoms with Crippen molar-refractivity contribution in [2.45, 2.75) is 33.4 Å². The first kappa shape index (κ1) is 12.8. The van der Waals surface area contributed by atoms with E-state index in [-0.39, 0.29) is 0 Å². The van der Waals surface area contributed by atoms with Crippen molar-refractivity contribution in [2.24, 2.45) is 5.92 Å². The van der Waals surface area contributed by atoms with Crippen LogP contribution in [0.4, 0.5) is 0 Å². The van der Waals surface area contributed by atoms with Gasteiger partial charge in [0.1, 0.15) is 0 Å². The molecule has 18 heavy (non-hydrogen) atoms. The van der Waals surface area contributed by atoms with Crippen LogP contribution >= 0.6 is 0 Å². The molecule has 0 saturated carbocycles. The van der Waals surface area contributed by atoms with Crippen LogP contribution in [0.25, 0.3) is 0 Å². The monoisotopic (exact) mass is 249 g/mol. The Kier molecular flexibility index (Phi) is 4.46. The van der Waals surface area contributed by atoms with E-state index in [0.29, 0.717) is 5.92 Å². The molecule has 0 fully saturated rings. The van der Waals surface area contributed by atoms with E-state index in [1.54, 1.807) is 0 Å². The van der Waals surface area contributed by atoms with Crippen molar-refractivity contribution >= 4 is 0 Å². The van der Waals surface area contributed by atoms with Gasteiger partial charge in [0.25, 0.3) is 0 Å². The van der Waals surface area contributed by atoms with Crippen LogP contribution in [0.15, 0.2) is 23.4 Å². The molecule has 6 heteroatoms. The molecule has 2 rings (SSSR count). The third kappa shape index (κ3) is 3.96. The predicted octanol–water partition coefficient (Wildman–Crippen LogP) is 1.25. The lowest BCUT2D eigenvalue weighted by Gasteiger charge is -2.04. The summed E-state index contributed by atoms with van der Waals surface area (Å²) in [5.41, 5.74) is 1.06. The molecular formula is C12H19N5O. The Balaban J connectivity index is 1.75. The van der Waals surface area contributed by atoms with Gasteiger partial charge in [-0.2, -0.15) is 4.98 Å². The van der Waals surface area contributed by atoms with Crippen molar-refractivity contribution < 1.29 is 4.52 Å². The molecule has 0 saturated heterocycles. The zero-order valence-corrected chi connectivity index (χ0v) is 10.8. The largest absolute Gasteiger partial charge is 0.343 e. The van der Waals surface area contributed by atoms with Crippen molar-refractivity contribution in [3.63, 3.8) is 0 Å². The van der Waals surface area contributed by atoms with Gasteiger partial charge in [-0.05, 0) is 12.5 Å². The molecule has 2 aromatic heterocycles. The Labute approximate surface area is 106 Å². The minimum absolute atomic E-state index is 0.658. The molecule has 2 heterocycles. The summed E-state index contributed by atoms with van der Waals surface area (Å²) in [5.74, 6) is 1.38. The highest BCUT2D eigenvalue weighted by molar-refractivity contribution is 4.96. The molecule has 2 aromatic rings. The molecule has 0 atom stereocenters. The van der Waals surface area contributed by atoms with E-state index >= 15 is 0 Å². The maximum atomic E-state index is 4.69. The topological polar surface area (TPSA) is 68.8 Å². The first-order valence-electron chi connectivity index (χ1n) is 6.20. The maximum absolute atomic E-state index is 4.69. The number of imidazole rings is 1.